The summed E-state index contributed by atoms with van der Waals surface area (Å²) in [4.78, 5) is 15.1. The molecule has 0 amide bonds. The van der Waals surface area contributed by atoms with Crippen molar-refractivity contribution < 1.29 is 0 Å². The zero-order valence-corrected chi connectivity index (χ0v) is 37.3. The van der Waals surface area contributed by atoms with Gasteiger partial charge in [0.05, 0.1) is 67.8 Å². The lowest BCUT2D eigenvalue weighted by Crippen LogP contribution is -1.98. The van der Waals surface area contributed by atoms with Gasteiger partial charge in [0.15, 0.2) is 0 Å². The van der Waals surface area contributed by atoms with Crippen LogP contribution in [0.1, 0.15) is 0 Å². The second kappa shape index (κ2) is 15.6. The maximum absolute atomic E-state index is 5.39. The first-order chi connectivity index (χ1) is 34.2. The van der Waals surface area contributed by atoms with Crippen molar-refractivity contribution >= 4 is 65.4 Å². The minimum atomic E-state index is 0.918. The van der Waals surface area contributed by atoms with Gasteiger partial charge >= 0.3 is 0 Å². The van der Waals surface area contributed by atoms with E-state index in [2.05, 4.69) is 237 Å². The Bertz CT molecular complexity index is 4240. The largest absolute Gasteiger partial charge is 0.309 e. The molecule has 0 unspecified atom stereocenters. The summed E-state index contributed by atoms with van der Waals surface area (Å²) in [6.07, 6.45) is 3.86. The highest BCUT2D eigenvalue weighted by molar-refractivity contribution is 6.13. The molecule has 0 bridgehead atoms. The smallest absolute Gasteiger partial charge is 0.0730 e. The van der Waals surface area contributed by atoms with Gasteiger partial charge < -0.3 is 13.7 Å². The molecule has 0 saturated heterocycles. The fourth-order valence-electron chi connectivity index (χ4n) is 10.6. The summed E-state index contributed by atoms with van der Waals surface area (Å²) in [5, 5.41) is 7.11. The molecular weight excluding hydrogens is 841 g/mol. The van der Waals surface area contributed by atoms with Gasteiger partial charge in [0.1, 0.15) is 0 Å². The number of pyridine rings is 3. The lowest BCUT2D eigenvalue weighted by Gasteiger charge is -2.13. The summed E-state index contributed by atoms with van der Waals surface area (Å²) in [6.45, 7) is 0. The predicted molar refractivity (Wildman–Crippen MR) is 285 cm³/mol. The Balaban J connectivity index is 0.890. The van der Waals surface area contributed by atoms with Crippen LogP contribution in [0.4, 0.5) is 0 Å². The third-order valence-corrected chi connectivity index (χ3v) is 13.7. The number of benzene rings is 8. The van der Waals surface area contributed by atoms with E-state index in [1.54, 1.807) is 0 Å². The van der Waals surface area contributed by atoms with Crippen molar-refractivity contribution in [2.75, 3.05) is 0 Å². The molecule has 14 rings (SSSR count). The molecule has 8 aromatic carbocycles. The Morgan fingerprint density at radius 1 is 0.246 bits per heavy atom. The first-order valence-electron chi connectivity index (χ1n) is 23.3. The van der Waals surface area contributed by atoms with Crippen LogP contribution < -0.4 is 0 Å². The Hall–Kier alpha value is -9.39. The van der Waals surface area contributed by atoms with Gasteiger partial charge in [-0.05, 0) is 91.0 Å². The zero-order chi connectivity index (χ0) is 45.4. The molecule has 0 atom stereocenters. The molecule has 322 valence electrons. The van der Waals surface area contributed by atoms with E-state index in [1.165, 1.54) is 32.3 Å². The molecule has 0 aliphatic carbocycles. The number of para-hydroxylation sites is 3. The zero-order valence-electron chi connectivity index (χ0n) is 37.3. The van der Waals surface area contributed by atoms with Crippen molar-refractivity contribution in [2.24, 2.45) is 0 Å². The number of aromatic nitrogens is 6. The monoisotopic (exact) mass is 880 g/mol. The van der Waals surface area contributed by atoms with Gasteiger partial charge in [-0.3, -0.25) is 4.98 Å². The Kier molecular flexibility index (Phi) is 8.79. The van der Waals surface area contributed by atoms with Gasteiger partial charge in [-0.15, -0.1) is 0 Å². The third-order valence-electron chi connectivity index (χ3n) is 13.7. The SMILES string of the molecule is c1ccc(-c2cc(-n3c4ccccc4c4cc(-c5cccc(-c6ccc7c8ccccc8n(-c8ccc9c(c8)c8ccncc8n9-c8ccccc8)c7c6)n5)ccc43)cc(-c3ccccc3)n2)cc1. The molecule has 69 heavy (non-hydrogen) atoms. The molecule has 0 spiro atoms. The minimum Gasteiger partial charge on any atom is -0.309 e. The highest BCUT2D eigenvalue weighted by Crippen LogP contribution is 2.40. The molecule has 6 heterocycles. The predicted octanol–water partition coefficient (Wildman–Crippen LogP) is 15.8. The summed E-state index contributed by atoms with van der Waals surface area (Å²) in [6, 6.07) is 82.1. The van der Waals surface area contributed by atoms with E-state index >= 15 is 0 Å². The van der Waals surface area contributed by atoms with Crippen LogP contribution in [-0.4, -0.2) is 28.7 Å². The fourth-order valence-corrected chi connectivity index (χ4v) is 10.6. The van der Waals surface area contributed by atoms with Crippen molar-refractivity contribution in [3.63, 3.8) is 0 Å². The van der Waals surface area contributed by atoms with Crippen LogP contribution in [0.5, 0.6) is 0 Å². The molecule has 0 radical (unpaired) electrons. The number of fused-ring (bicyclic) bond motifs is 9. The van der Waals surface area contributed by atoms with Gasteiger partial charge in [0.25, 0.3) is 0 Å². The number of hydrogen-bond donors (Lipinski definition) is 0. The normalized spacial score (nSPS) is 11.8. The fraction of sp³-hybridized carbons (Fsp3) is 0. The second-order valence-corrected chi connectivity index (χ2v) is 17.7. The summed E-state index contributed by atoms with van der Waals surface area (Å²) < 4.78 is 7.09. The average molecular weight is 881 g/mol. The minimum absolute atomic E-state index is 0.918. The summed E-state index contributed by atoms with van der Waals surface area (Å²) >= 11 is 0. The van der Waals surface area contributed by atoms with Crippen molar-refractivity contribution in [1.82, 2.24) is 28.7 Å². The molecule has 0 aliphatic rings. The Morgan fingerprint density at radius 3 is 1.43 bits per heavy atom. The average Bonchev–Trinajstić information content (AvgIpc) is 4.06. The van der Waals surface area contributed by atoms with Gasteiger partial charge in [0.2, 0.25) is 0 Å². The van der Waals surface area contributed by atoms with E-state index in [4.69, 9.17) is 9.97 Å². The lowest BCUT2D eigenvalue weighted by molar-refractivity contribution is 1.16. The van der Waals surface area contributed by atoms with Crippen LogP contribution in [0.25, 0.3) is 128 Å². The van der Waals surface area contributed by atoms with E-state index in [1.807, 2.05) is 24.5 Å². The molecule has 6 nitrogen and oxygen atoms in total. The number of hydrogen-bond acceptors (Lipinski definition) is 3. The molecule has 0 fully saturated rings. The van der Waals surface area contributed by atoms with Crippen molar-refractivity contribution in [2.45, 2.75) is 0 Å². The molecule has 0 N–H and O–H groups in total. The van der Waals surface area contributed by atoms with Gasteiger partial charge in [-0.1, -0.05) is 140 Å². The van der Waals surface area contributed by atoms with Crippen LogP contribution in [-0.2, 0) is 0 Å². The maximum Gasteiger partial charge on any atom is 0.0730 e. The van der Waals surface area contributed by atoms with Crippen LogP contribution in [0.15, 0.2) is 243 Å². The molecule has 14 aromatic rings. The van der Waals surface area contributed by atoms with E-state index in [0.29, 0.717) is 0 Å². The molecule has 6 aromatic heterocycles. The second-order valence-electron chi connectivity index (χ2n) is 17.7. The van der Waals surface area contributed by atoms with Crippen LogP contribution in [0.2, 0.25) is 0 Å². The van der Waals surface area contributed by atoms with Gasteiger partial charge in [-0.25, -0.2) is 9.97 Å². The van der Waals surface area contributed by atoms with Crippen molar-refractivity contribution in [1.29, 1.82) is 0 Å². The van der Waals surface area contributed by atoms with Crippen molar-refractivity contribution in [3.05, 3.63) is 243 Å². The van der Waals surface area contributed by atoms with Crippen LogP contribution in [0.3, 0.4) is 0 Å². The number of nitrogens with zero attached hydrogens (tertiary/aromatic N) is 6. The lowest BCUT2D eigenvalue weighted by atomic mass is 10.0. The molecular formula is C63H40N6. The number of rotatable bonds is 7. The van der Waals surface area contributed by atoms with Gasteiger partial charge in [0, 0.05) is 72.1 Å². The maximum atomic E-state index is 5.39. The summed E-state index contributed by atoms with van der Waals surface area (Å²) in [7, 11) is 0. The van der Waals surface area contributed by atoms with E-state index in [-0.39, 0.29) is 0 Å². The van der Waals surface area contributed by atoms with Crippen LogP contribution in [0, 0.1) is 0 Å². The van der Waals surface area contributed by atoms with Crippen LogP contribution >= 0.6 is 0 Å². The van der Waals surface area contributed by atoms with E-state index in [9.17, 15) is 0 Å². The molecule has 0 saturated carbocycles. The van der Waals surface area contributed by atoms with Gasteiger partial charge in [-0.2, -0.15) is 0 Å². The van der Waals surface area contributed by atoms with Crippen molar-refractivity contribution in [3.8, 4) is 62.1 Å². The standard InChI is InChI=1S/C63H40N6/c1-4-15-41(16-5-1)56-38-47(39-57(66-56)42-17-6-2-7-18-42)69-59-26-13-11-22-49(59)52-35-43(28-31-60(52)69)54-23-14-24-55(65-54)44-27-30-50-48-21-10-12-25-58(48)68(62(50)36-44)46-29-32-61-53(37-46)51-33-34-64-40-63(51)67(61)45-19-8-3-9-20-45/h1-40H. The summed E-state index contributed by atoms with van der Waals surface area (Å²) in [5.41, 5.74) is 18.0. The molecule has 0 aliphatic heterocycles. The first-order valence-corrected chi connectivity index (χ1v) is 23.3. The summed E-state index contributed by atoms with van der Waals surface area (Å²) in [5.74, 6) is 0. The third kappa shape index (κ3) is 6.30. The first kappa shape index (κ1) is 38.8. The van der Waals surface area contributed by atoms with E-state index < -0.39 is 0 Å². The Morgan fingerprint density at radius 2 is 0.739 bits per heavy atom. The highest BCUT2D eigenvalue weighted by atomic mass is 15.0. The quantitative estimate of drug-likeness (QED) is 0.160. The highest BCUT2D eigenvalue weighted by Gasteiger charge is 2.20. The Labute approximate surface area is 397 Å². The topological polar surface area (TPSA) is 53.5 Å². The molecule has 6 heteroatoms. The van der Waals surface area contributed by atoms with E-state index in [0.717, 1.165) is 95.2 Å².